The van der Waals surface area contributed by atoms with E-state index >= 15 is 0 Å². The Morgan fingerprint density at radius 3 is 2.71 bits per heavy atom. The monoisotopic (exact) mass is 298 g/mol. The first-order valence-electron chi connectivity index (χ1n) is 7.97. The third-order valence-corrected chi connectivity index (χ3v) is 4.57. The number of ether oxygens (including phenoxy) is 1. The number of nitrogens with zero attached hydrogens (tertiary/aromatic N) is 2. The zero-order valence-electron chi connectivity index (χ0n) is 13.0. The second kappa shape index (κ2) is 7.11. The third-order valence-electron chi connectivity index (χ3n) is 4.57. The number of urea groups is 1. The normalized spacial score (nSPS) is 28.9. The molecule has 2 fully saturated rings. The number of carbonyl (C=O) groups excluding carboxylic acids is 1. The average molecular weight is 298 g/mol. The van der Waals surface area contributed by atoms with Crippen LogP contribution in [0.4, 0.5) is 4.79 Å². The first kappa shape index (κ1) is 16.1. The Labute approximate surface area is 126 Å². The van der Waals surface area contributed by atoms with Gasteiger partial charge >= 0.3 is 12.0 Å². The van der Waals surface area contributed by atoms with Gasteiger partial charge in [-0.3, -0.25) is 4.79 Å². The van der Waals surface area contributed by atoms with Gasteiger partial charge in [0.25, 0.3) is 0 Å². The lowest BCUT2D eigenvalue weighted by Gasteiger charge is -2.36. The van der Waals surface area contributed by atoms with Crippen LogP contribution in [0.15, 0.2) is 0 Å². The molecule has 0 bridgehead atoms. The lowest BCUT2D eigenvalue weighted by atomic mass is 10.0. The van der Waals surface area contributed by atoms with Gasteiger partial charge in [-0.05, 0) is 25.7 Å². The molecule has 0 aliphatic carbocycles. The van der Waals surface area contributed by atoms with Gasteiger partial charge in [0.05, 0.1) is 19.3 Å². The van der Waals surface area contributed by atoms with Crippen molar-refractivity contribution in [2.45, 2.75) is 51.6 Å². The summed E-state index contributed by atoms with van der Waals surface area (Å²) in [6.45, 7) is 6.00. The molecule has 6 nitrogen and oxygen atoms in total. The molecule has 0 aromatic rings. The fourth-order valence-electron chi connectivity index (χ4n) is 3.41. The van der Waals surface area contributed by atoms with E-state index in [9.17, 15) is 14.7 Å². The number of hydrogen-bond acceptors (Lipinski definition) is 3. The van der Waals surface area contributed by atoms with Gasteiger partial charge in [0.2, 0.25) is 0 Å². The Hall–Kier alpha value is -1.30. The molecule has 6 heteroatoms. The zero-order valence-corrected chi connectivity index (χ0v) is 13.0. The largest absolute Gasteiger partial charge is 0.481 e. The highest BCUT2D eigenvalue weighted by Gasteiger charge is 2.42. The van der Waals surface area contributed by atoms with Crippen molar-refractivity contribution in [3.05, 3.63) is 0 Å². The van der Waals surface area contributed by atoms with Crippen LogP contribution >= 0.6 is 0 Å². The number of carboxylic acid groups (broad SMARTS) is 1. The van der Waals surface area contributed by atoms with E-state index in [1.807, 2.05) is 11.8 Å². The van der Waals surface area contributed by atoms with Gasteiger partial charge < -0.3 is 19.6 Å². The summed E-state index contributed by atoms with van der Waals surface area (Å²) in [7, 11) is 0. The number of carboxylic acids is 1. The van der Waals surface area contributed by atoms with Gasteiger partial charge in [0, 0.05) is 19.1 Å². The van der Waals surface area contributed by atoms with Gasteiger partial charge in [-0.25, -0.2) is 4.79 Å². The lowest BCUT2D eigenvalue weighted by molar-refractivity contribution is -0.142. The van der Waals surface area contributed by atoms with E-state index in [1.54, 1.807) is 4.90 Å². The second-order valence-corrected chi connectivity index (χ2v) is 5.92. The summed E-state index contributed by atoms with van der Waals surface area (Å²) < 4.78 is 5.33. The predicted molar refractivity (Wildman–Crippen MR) is 78.1 cm³/mol. The van der Waals surface area contributed by atoms with Crippen LogP contribution in [0.5, 0.6) is 0 Å². The van der Waals surface area contributed by atoms with Crippen molar-refractivity contribution in [3.63, 3.8) is 0 Å². The summed E-state index contributed by atoms with van der Waals surface area (Å²) in [6.07, 6.45) is 3.86. The summed E-state index contributed by atoms with van der Waals surface area (Å²) in [4.78, 5) is 27.9. The molecule has 120 valence electrons. The van der Waals surface area contributed by atoms with E-state index in [-0.39, 0.29) is 18.7 Å². The first-order valence-corrected chi connectivity index (χ1v) is 7.97. The van der Waals surface area contributed by atoms with Crippen LogP contribution < -0.4 is 0 Å². The van der Waals surface area contributed by atoms with E-state index in [4.69, 9.17) is 4.74 Å². The summed E-state index contributed by atoms with van der Waals surface area (Å²) in [6, 6.07) is -0.0570. The SMILES string of the molecule is CCCN(C(=O)N1CCCC1CC)C1COCC1C(=O)O. The molecule has 0 radical (unpaired) electrons. The maximum Gasteiger partial charge on any atom is 0.320 e. The molecule has 21 heavy (non-hydrogen) atoms. The molecule has 1 N–H and O–H groups in total. The fraction of sp³-hybridized carbons (Fsp3) is 0.867. The molecule has 2 heterocycles. The Kier molecular flexibility index (Phi) is 5.45. The predicted octanol–water partition coefficient (Wildman–Crippen LogP) is 1.79. The van der Waals surface area contributed by atoms with E-state index in [1.165, 1.54) is 0 Å². The van der Waals surface area contributed by atoms with Crippen molar-refractivity contribution in [1.82, 2.24) is 9.80 Å². The molecule has 2 aliphatic heterocycles. The minimum absolute atomic E-state index is 0.0112. The van der Waals surface area contributed by atoms with Gasteiger partial charge in [0.15, 0.2) is 0 Å². The highest BCUT2D eigenvalue weighted by molar-refractivity contribution is 5.78. The maximum absolute atomic E-state index is 12.9. The van der Waals surface area contributed by atoms with Crippen molar-refractivity contribution in [3.8, 4) is 0 Å². The highest BCUT2D eigenvalue weighted by Crippen LogP contribution is 2.26. The number of likely N-dealkylation sites (tertiary alicyclic amines) is 1. The van der Waals surface area contributed by atoms with Crippen molar-refractivity contribution in [2.75, 3.05) is 26.3 Å². The lowest BCUT2D eigenvalue weighted by Crippen LogP contribution is -2.53. The topological polar surface area (TPSA) is 70.1 Å². The minimum Gasteiger partial charge on any atom is -0.481 e. The van der Waals surface area contributed by atoms with Crippen LogP contribution in [0.2, 0.25) is 0 Å². The fourth-order valence-corrected chi connectivity index (χ4v) is 3.41. The van der Waals surface area contributed by atoms with Gasteiger partial charge in [-0.2, -0.15) is 0 Å². The molecule has 0 aromatic heterocycles. The number of hydrogen-bond donors (Lipinski definition) is 1. The quantitative estimate of drug-likeness (QED) is 0.840. The van der Waals surface area contributed by atoms with Crippen molar-refractivity contribution in [1.29, 1.82) is 0 Å². The summed E-state index contributed by atoms with van der Waals surface area (Å²) in [5, 5.41) is 9.31. The first-order chi connectivity index (χ1) is 10.1. The number of rotatable bonds is 5. The van der Waals surface area contributed by atoms with Crippen molar-refractivity contribution >= 4 is 12.0 Å². The summed E-state index contributed by atoms with van der Waals surface area (Å²) in [5.74, 6) is -1.48. The molecule has 2 aliphatic rings. The number of carbonyl (C=O) groups is 2. The molecule has 0 spiro atoms. The molecule has 0 aromatic carbocycles. The second-order valence-electron chi connectivity index (χ2n) is 5.92. The molecule has 2 amide bonds. The van der Waals surface area contributed by atoms with Crippen molar-refractivity contribution < 1.29 is 19.4 Å². The molecule has 2 rings (SSSR count). The number of amides is 2. The summed E-state index contributed by atoms with van der Waals surface area (Å²) >= 11 is 0. The summed E-state index contributed by atoms with van der Waals surface area (Å²) in [5.41, 5.74) is 0. The van der Waals surface area contributed by atoms with E-state index in [0.29, 0.717) is 19.2 Å². The molecular weight excluding hydrogens is 272 g/mol. The van der Waals surface area contributed by atoms with E-state index in [2.05, 4.69) is 6.92 Å². The van der Waals surface area contributed by atoms with Crippen LogP contribution in [-0.4, -0.2) is 65.3 Å². The molecule has 3 unspecified atom stereocenters. The molecule has 2 saturated heterocycles. The molecular formula is C15H26N2O4. The molecule has 3 atom stereocenters. The van der Waals surface area contributed by atoms with Crippen LogP contribution in [0.25, 0.3) is 0 Å². The van der Waals surface area contributed by atoms with Crippen LogP contribution in [0.1, 0.15) is 39.5 Å². The molecule has 0 saturated carbocycles. The van der Waals surface area contributed by atoms with E-state index < -0.39 is 11.9 Å². The smallest absolute Gasteiger partial charge is 0.320 e. The Morgan fingerprint density at radius 2 is 2.10 bits per heavy atom. The third kappa shape index (κ3) is 3.31. The van der Waals surface area contributed by atoms with Gasteiger partial charge in [-0.15, -0.1) is 0 Å². The van der Waals surface area contributed by atoms with Gasteiger partial charge in [0.1, 0.15) is 5.92 Å². The van der Waals surface area contributed by atoms with Crippen LogP contribution in [0.3, 0.4) is 0 Å². The number of aliphatic carboxylic acids is 1. The Morgan fingerprint density at radius 1 is 1.33 bits per heavy atom. The standard InChI is InChI=1S/C15H26N2O4/c1-3-7-17(13-10-21-9-12(13)14(18)19)15(20)16-8-5-6-11(16)4-2/h11-13H,3-10H2,1-2H3,(H,18,19). The van der Waals surface area contributed by atoms with Crippen molar-refractivity contribution in [2.24, 2.45) is 5.92 Å². The Bertz CT molecular complexity index is 388. The van der Waals surface area contributed by atoms with Crippen LogP contribution in [-0.2, 0) is 9.53 Å². The highest BCUT2D eigenvalue weighted by atomic mass is 16.5. The zero-order chi connectivity index (χ0) is 15.4. The van der Waals surface area contributed by atoms with E-state index in [0.717, 1.165) is 32.2 Å². The van der Waals surface area contributed by atoms with Crippen LogP contribution in [0, 0.1) is 5.92 Å². The minimum atomic E-state index is -0.875. The average Bonchev–Trinajstić information content (AvgIpc) is 3.11. The maximum atomic E-state index is 12.9. The van der Waals surface area contributed by atoms with Gasteiger partial charge in [-0.1, -0.05) is 13.8 Å². The Balaban J connectivity index is 2.14.